The Bertz CT molecular complexity index is 614. The van der Waals surface area contributed by atoms with Gasteiger partial charge < -0.3 is 4.74 Å². The van der Waals surface area contributed by atoms with E-state index in [1.165, 1.54) is 29.5 Å². The molecule has 0 saturated carbocycles. The van der Waals surface area contributed by atoms with E-state index in [1.807, 2.05) is 18.2 Å². The fourth-order valence-corrected chi connectivity index (χ4v) is 3.87. The van der Waals surface area contributed by atoms with E-state index in [0.29, 0.717) is 0 Å². The van der Waals surface area contributed by atoms with Crippen LogP contribution in [0.5, 0.6) is 0 Å². The van der Waals surface area contributed by atoms with Crippen molar-refractivity contribution in [1.82, 2.24) is 0 Å². The molecule has 0 amide bonds. The zero-order valence-electron chi connectivity index (χ0n) is 11.8. The molecule has 0 radical (unpaired) electrons. The first-order chi connectivity index (χ1) is 10.3. The van der Waals surface area contributed by atoms with Gasteiger partial charge in [0, 0.05) is 9.45 Å². The van der Waals surface area contributed by atoms with Crippen molar-refractivity contribution in [2.24, 2.45) is 0 Å². The summed E-state index contributed by atoms with van der Waals surface area (Å²) >= 11 is 8.50. The molecule has 0 spiro atoms. The van der Waals surface area contributed by atoms with Crippen LogP contribution in [0.2, 0.25) is 5.02 Å². The molecule has 2 aromatic carbocycles. The summed E-state index contributed by atoms with van der Waals surface area (Å²) in [5.41, 5.74) is 3.97. The lowest BCUT2D eigenvalue weighted by Gasteiger charge is -2.29. The van der Waals surface area contributed by atoms with Crippen LogP contribution in [0.1, 0.15) is 41.7 Å². The first kappa shape index (κ1) is 15.3. The first-order valence-corrected chi connectivity index (χ1v) is 9.23. The van der Waals surface area contributed by atoms with Crippen molar-refractivity contribution >= 4 is 34.2 Å². The van der Waals surface area contributed by atoms with Crippen LogP contribution in [0.15, 0.2) is 48.5 Å². The van der Waals surface area contributed by atoms with E-state index in [1.54, 1.807) is 0 Å². The summed E-state index contributed by atoms with van der Waals surface area (Å²) in [5.74, 6) is 0. The minimum Gasteiger partial charge on any atom is -0.365 e. The molecule has 0 N–H and O–H groups in total. The Kier molecular flexibility index (Phi) is 5.19. The van der Waals surface area contributed by atoms with Gasteiger partial charge in [-0.05, 0) is 48.1 Å². The molecule has 0 heterocycles. The number of hydrogen-bond donors (Lipinski definition) is 0. The van der Waals surface area contributed by atoms with Gasteiger partial charge in [-0.3, -0.25) is 0 Å². The highest BCUT2D eigenvalue weighted by Crippen LogP contribution is 2.37. The molecule has 0 saturated heterocycles. The van der Waals surface area contributed by atoms with Crippen LogP contribution >= 0.6 is 34.2 Å². The number of benzene rings is 2. The molecule has 1 aliphatic carbocycles. The third-order valence-corrected chi connectivity index (χ3v) is 5.04. The smallest absolute Gasteiger partial charge is 0.0923 e. The average molecular weight is 413 g/mol. The van der Waals surface area contributed by atoms with Crippen molar-refractivity contribution < 1.29 is 4.74 Å². The predicted molar refractivity (Wildman–Crippen MR) is 96.3 cm³/mol. The quantitative estimate of drug-likeness (QED) is 0.448. The van der Waals surface area contributed by atoms with Crippen molar-refractivity contribution in [2.45, 2.75) is 31.5 Å². The van der Waals surface area contributed by atoms with Gasteiger partial charge in [-0.25, -0.2) is 0 Å². The Hall–Kier alpha value is -0.580. The number of hydrogen-bond acceptors (Lipinski definition) is 1. The lowest BCUT2D eigenvalue weighted by atomic mass is 9.89. The Morgan fingerprint density at radius 3 is 2.86 bits per heavy atom. The molecule has 3 rings (SSSR count). The number of rotatable bonds is 4. The maximum Gasteiger partial charge on any atom is 0.0923 e. The second-order valence-corrected chi connectivity index (χ2v) is 6.73. The van der Waals surface area contributed by atoms with Crippen LogP contribution in [0.4, 0.5) is 0 Å². The largest absolute Gasteiger partial charge is 0.365 e. The fraction of sp³-hybridized carbons (Fsp3) is 0.333. The first-order valence-electron chi connectivity index (χ1n) is 7.32. The van der Waals surface area contributed by atoms with Crippen molar-refractivity contribution in [3.63, 3.8) is 0 Å². The van der Waals surface area contributed by atoms with Crippen molar-refractivity contribution in [3.05, 3.63) is 70.2 Å². The van der Waals surface area contributed by atoms with Gasteiger partial charge in [-0.15, -0.1) is 0 Å². The van der Waals surface area contributed by atoms with E-state index in [-0.39, 0.29) is 12.2 Å². The topological polar surface area (TPSA) is 9.23 Å². The fourth-order valence-electron chi connectivity index (χ4n) is 2.96. The summed E-state index contributed by atoms with van der Waals surface area (Å²) in [6.45, 7) is 0. The van der Waals surface area contributed by atoms with Gasteiger partial charge in [0.05, 0.1) is 12.2 Å². The highest BCUT2D eigenvalue weighted by Gasteiger charge is 2.24. The Labute approximate surface area is 144 Å². The van der Waals surface area contributed by atoms with Crippen LogP contribution in [0.25, 0.3) is 0 Å². The number of alkyl halides is 1. The molecule has 2 atom stereocenters. The number of ether oxygens (including phenoxy) is 1. The number of aryl methyl sites for hydroxylation is 1. The molecule has 0 aromatic heterocycles. The van der Waals surface area contributed by atoms with E-state index >= 15 is 0 Å². The summed E-state index contributed by atoms with van der Waals surface area (Å²) in [4.78, 5) is 0. The molecule has 0 fully saturated rings. The molecule has 1 aliphatic rings. The Balaban J connectivity index is 1.82. The van der Waals surface area contributed by atoms with Gasteiger partial charge in [0.15, 0.2) is 0 Å². The average Bonchev–Trinajstić information content (AvgIpc) is 2.52. The minimum absolute atomic E-state index is 0.0976. The van der Waals surface area contributed by atoms with Gasteiger partial charge >= 0.3 is 0 Å². The highest BCUT2D eigenvalue weighted by molar-refractivity contribution is 14.1. The van der Waals surface area contributed by atoms with E-state index in [0.717, 1.165) is 15.9 Å². The van der Waals surface area contributed by atoms with Crippen LogP contribution in [-0.4, -0.2) is 4.43 Å². The Morgan fingerprint density at radius 1 is 1.19 bits per heavy atom. The molecular weight excluding hydrogens is 395 g/mol. The number of halogens is 2. The molecule has 0 aliphatic heterocycles. The van der Waals surface area contributed by atoms with E-state index in [4.69, 9.17) is 16.3 Å². The predicted octanol–water partition coefficient (Wildman–Crippen LogP) is 5.91. The summed E-state index contributed by atoms with van der Waals surface area (Å²) in [6.07, 6.45) is 3.77. The van der Waals surface area contributed by atoms with Crippen LogP contribution in [0.3, 0.4) is 0 Å². The molecule has 110 valence electrons. The zero-order valence-corrected chi connectivity index (χ0v) is 14.7. The summed E-state index contributed by atoms with van der Waals surface area (Å²) in [5, 5.41) is 0.773. The molecule has 3 heteroatoms. The van der Waals surface area contributed by atoms with Crippen molar-refractivity contribution in [3.8, 4) is 0 Å². The summed E-state index contributed by atoms with van der Waals surface area (Å²) in [7, 11) is 0. The normalized spacial score (nSPS) is 19.0. The lowest BCUT2D eigenvalue weighted by Crippen LogP contribution is -2.16. The van der Waals surface area contributed by atoms with E-state index in [9.17, 15) is 0 Å². The van der Waals surface area contributed by atoms with Crippen LogP contribution < -0.4 is 0 Å². The monoisotopic (exact) mass is 412 g/mol. The lowest BCUT2D eigenvalue weighted by molar-refractivity contribution is -0.0101. The second-order valence-electron chi connectivity index (χ2n) is 5.41. The van der Waals surface area contributed by atoms with E-state index in [2.05, 4.69) is 52.9 Å². The summed E-state index contributed by atoms with van der Waals surface area (Å²) < 4.78 is 7.37. The molecule has 1 nitrogen and oxygen atoms in total. The number of fused-ring (bicyclic) bond motifs is 1. The molecule has 0 bridgehead atoms. The molecule has 2 unspecified atom stereocenters. The minimum atomic E-state index is 0.0976. The van der Waals surface area contributed by atoms with Gasteiger partial charge in [-0.1, -0.05) is 70.6 Å². The summed E-state index contributed by atoms with van der Waals surface area (Å²) in [6, 6.07) is 16.7. The van der Waals surface area contributed by atoms with Gasteiger partial charge in [0.25, 0.3) is 0 Å². The van der Waals surface area contributed by atoms with Crippen LogP contribution in [0, 0.1) is 0 Å². The van der Waals surface area contributed by atoms with Gasteiger partial charge in [-0.2, -0.15) is 0 Å². The SMILES string of the molecule is Clc1cccc(C(CI)OC2CCCc3ccccc32)c1. The van der Waals surface area contributed by atoms with Crippen molar-refractivity contribution in [1.29, 1.82) is 0 Å². The van der Waals surface area contributed by atoms with Crippen molar-refractivity contribution in [2.75, 3.05) is 4.43 Å². The zero-order chi connectivity index (χ0) is 14.7. The maximum absolute atomic E-state index is 6.44. The standard InChI is InChI=1S/C18H18ClIO/c19-15-8-3-7-14(11-15)18(12-20)21-17-10-4-6-13-5-1-2-9-16(13)17/h1-3,5,7-9,11,17-18H,4,6,10,12H2. The Morgan fingerprint density at radius 2 is 2.05 bits per heavy atom. The molecular formula is C18H18ClIO. The van der Waals surface area contributed by atoms with Gasteiger partial charge in [0.2, 0.25) is 0 Å². The third-order valence-electron chi connectivity index (χ3n) is 4.00. The molecule has 21 heavy (non-hydrogen) atoms. The highest BCUT2D eigenvalue weighted by atomic mass is 127. The van der Waals surface area contributed by atoms with E-state index < -0.39 is 0 Å². The van der Waals surface area contributed by atoms with Gasteiger partial charge in [0.1, 0.15) is 0 Å². The molecule has 2 aromatic rings. The van der Waals surface area contributed by atoms with Crippen LogP contribution in [-0.2, 0) is 11.2 Å². The third kappa shape index (κ3) is 3.61. The maximum atomic E-state index is 6.44. The second kappa shape index (κ2) is 7.12.